The number of aliphatic hydroxyl groups is 2. The van der Waals surface area contributed by atoms with Gasteiger partial charge in [-0.3, -0.25) is 0 Å². The summed E-state index contributed by atoms with van der Waals surface area (Å²) in [6, 6.07) is 16.4. The Balaban J connectivity index is 2.20. The van der Waals surface area contributed by atoms with Crippen molar-refractivity contribution in [3.63, 3.8) is 0 Å². The standard InChI is InChI=1S/C14H13BrO2/c15-12-8-6-11(7-9-12)14(17)13(16)10-4-2-1-3-5-10/h1-9,13-14,16-17H/t13-,14+/m0/s1. The summed E-state index contributed by atoms with van der Waals surface area (Å²) in [6.07, 6.45) is -1.82. The van der Waals surface area contributed by atoms with Crippen LogP contribution in [0.2, 0.25) is 0 Å². The zero-order chi connectivity index (χ0) is 12.3. The molecular formula is C14H13BrO2. The molecule has 2 atom stereocenters. The van der Waals surface area contributed by atoms with Crippen molar-refractivity contribution in [2.24, 2.45) is 0 Å². The number of halogens is 1. The molecule has 2 aromatic carbocycles. The first-order valence-corrected chi connectivity index (χ1v) is 6.14. The first-order chi connectivity index (χ1) is 8.18. The van der Waals surface area contributed by atoms with Gasteiger partial charge in [0.15, 0.2) is 0 Å². The van der Waals surface area contributed by atoms with E-state index in [2.05, 4.69) is 15.9 Å². The Morgan fingerprint density at radius 2 is 1.18 bits per heavy atom. The highest BCUT2D eigenvalue weighted by atomic mass is 79.9. The Morgan fingerprint density at radius 1 is 0.706 bits per heavy atom. The van der Waals surface area contributed by atoms with Crippen LogP contribution in [0.5, 0.6) is 0 Å². The van der Waals surface area contributed by atoms with Crippen LogP contribution in [-0.2, 0) is 0 Å². The van der Waals surface area contributed by atoms with Crippen LogP contribution >= 0.6 is 15.9 Å². The molecule has 0 heterocycles. The molecular weight excluding hydrogens is 280 g/mol. The molecule has 3 heteroatoms. The molecule has 0 aliphatic rings. The van der Waals surface area contributed by atoms with Gasteiger partial charge < -0.3 is 10.2 Å². The van der Waals surface area contributed by atoms with Crippen molar-refractivity contribution in [2.45, 2.75) is 12.2 Å². The van der Waals surface area contributed by atoms with Gasteiger partial charge in [-0.15, -0.1) is 0 Å². The minimum Gasteiger partial charge on any atom is -0.385 e. The van der Waals surface area contributed by atoms with Gasteiger partial charge in [0.1, 0.15) is 12.2 Å². The molecule has 2 rings (SSSR count). The normalized spacial score (nSPS) is 14.3. The molecule has 0 radical (unpaired) electrons. The summed E-state index contributed by atoms with van der Waals surface area (Å²) in [4.78, 5) is 0. The zero-order valence-corrected chi connectivity index (χ0v) is 10.7. The second-order valence-corrected chi connectivity index (χ2v) is 4.77. The summed E-state index contributed by atoms with van der Waals surface area (Å²) in [5.41, 5.74) is 1.41. The summed E-state index contributed by atoms with van der Waals surface area (Å²) >= 11 is 3.33. The second kappa shape index (κ2) is 5.45. The molecule has 0 aromatic heterocycles. The van der Waals surface area contributed by atoms with E-state index in [0.29, 0.717) is 11.1 Å². The lowest BCUT2D eigenvalue weighted by Gasteiger charge is -2.18. The van der Waals surface area contributed by atoms with E-state index in [0.717, 1.165) is 4.47 Å². The maximum Gasteiger partial charge on any atom is 0.109 e. The maximum absolute atomic E-state index is 10.1. The fourth-order valence-corrected chi connectivity index (χ4v) is 1.94. The molecule has 0 aliphatic carbocycles. The van der Waals surface area contributed by atoms with Crippen LogP contribution in [0.15, 0.2) is 59.1 Å². The highest BCUT2D eigenvalue weighted by Crippen LogP contribution is 2.28. The molecule has 0 saturated carbocycles. The maximum atomic E-state index is 10.1. The number of hydrogen-bond donors (Lipinski definition) is 2. The molecule has 2 aromatic rings. The van der Waals surface area contributed by atoms with E-state index in [-0.39, 0.29) is 0 Å². The van der Waals surface area contributed by atoms with Gasteiger partial charge >= 0.3 is 0 Å². The first-order valence-electron chi connectivity index (χ1n) is 5.35. The van der Waals surface area contributed by atoms with Gasteiger partial charge in [-0.1, -0.05) is 58.4 Å². The highest BCUT2D eigenvalue weighted by molar-refractivity contribution is 9.10. The first kappa shape index (κ1) is 12.3. The molecule has 2 N–H and O–H groups in total. The summed E-state index contributed by atoms with van der Waals surface area (Å²) < 4.78 is 0.947. The monoisotopic (exact) mass is 292 g/mol. The summed E-state index contributed by atoms with van der Waals surface area (Å²) in [5.74, 6) is 0. The molecule has 0 bridgehead atoms. The van der Waals surface area contributed by atoms with Crippen molar-refractivity contribution < 1.29 is 10.2 Å². The Hall–Kier alpha value is -1.16. The quantitative estimate of drug-likeness (QED) is 0.912. The van der Waals surface area contributed by atoms with Crippen LogP contribution < -0.4 is 0 Å². The van der Waals surface area contributed by atoms with Crippen molar-refractivity contribution in [1.82, 2.24) is 0 Å². The van der Waals surface area contributed by atoms with E-state index in [1.807, 2.05) is 30.3 Å². The average Bonchev–Trinajstić information content (AvgIpc) is 2.39. The van der Waals surface area contributed by atoms with Crippen LogP contribution in [-0.4, -0.2) is 10.2 Å². The van der Waals surface area contributed by atoms with Crippen molar-refractivity contribution in [3.05, 3.63) is 70.2 Å². The minimum atomic E-state index is -0.912. The molecule has 0 aliphatic heterocycles. The van der Waals surface area contributed by atoms with Crippen molar-refractivity contribution in [2.75, 3.05) is 0 Å². The third-order valence-corrected chi connectivity index (χ3v) is 3.18. The van der Waals surface area contributed by atoms with Gasteiger partial charge in [0.2, 0.25) is 0 Å². The van der Waals surface area contributed by atoms with Crippen molar-refractivity contribution in [1.29, 1.82) is 0 Å². The molecule has 17 heavy (non-hydrogen) atoms. The molecule has 2 nitrogen and oxygen atoms in total. The lowest BCUT2D eigenvalue weighted by atomic mass is 9.98. The van der Waals surface area contributed by atoms with Crippen LogP contribution in [0.1, 0.15) is 23.3 Å². The fourth-order valence-electron chi connectivity index (χ4n) is 1.67. The SMILES string of the molecule is O[C@H](c1ccc(Br)cc1)[C@@H](O)c1ccccc1. The van der Waals surface area contributed by atoms with Gasteiger partial charge in [0, 0.05) is 4.47 Å². The lowest BCUT2D eigenvalue weighted by Crippen LogP contribution is -2.10. The van der Waals surface area contributed by atoms with E-state index in [1.54, 1.807) is 24.3 Å². The third kappa shape index (κ3) is 2.94. The van der Waals surface area contributed by atoms with Crippen LogP contribution in [0.4, 0.5) is 0 Å². The molecule has 0 unspecified atom stereocenters. The van der Waals surface area contributed by atoms with Gasteiger partial charge in [0.05, 0.1) is 0 Å². The Kier molecular flexibility index (Phi) is 3.94. The largest absolute Gasteiger partial charge is 0.385 e. The van der Waals surface area contributed by atoms with Gasteiger partial charge in [-0.05, 0) is 23.3 Å². The van der Waals surface area contributed by atoms with Gasteiger partial charge in [0.25, 0.3) is 0 Å². The summed E-state index contributed by atoms with van der Waals surface area (Å²) in [7, 11) is 0. The number of rotatable bonds is 3. The zero-order valence-electron chi connectivity index (χ0n) is 9.12. The molecule has 0 fully saturated rings. The Labute approximate surface area is 109 Å². The van der Waals surface area contributed by atoms with Gasteiger partial charge in [-0.25, -0.2) is 0 Å². The van der Waals surface area contributed by atoms with E-state index < -0.39 is 12.2 Å². The highest BCUT2D eigenvalue weighted by Gasteiger charge is 2.19. The molecule has 0 spiro atoms. The molecule has 88 valence electrons. The summed E-state index contributed by atoms with van der Waals surface area (Å²) in [5, 5.41) is 20.1. The molecule has 0 saturated heterocycles. The minimum absolute atomic E-state index is 0.699. The number of hydrogen-bond acceptors (Lipinski definition) is 2. The predicted molar refractivity (Wildman–Crippen MR) is 70.5 cm³/mol. The van der Waals surface area contributed by atoms with Crippen LogP contribution in [0.3, 0.4) is 0 Å². The van der Waals surface area contributed by atoms with Gasteiger partial charge in [-0.2, -0.15) is 0 Å². The smallest absolute Gasteiger partial charge is 0.109 e. The fraction of sp³-hybridized carbons (Fsp3) is 0.143. The Bertz CT molecular complexity index is 467. The van der Waals surface area contributed by atoms with E-state index >= 15 is 0 Å². The summed E-state index contributed by atoms with van der Waals surface area (Å²) in [6.45, 7) is 0. The number of benzene rings is 2. The Morgan fingerprint density at radius 3 is 1.71 bits per heavy atom. The van der Waals surface area contributed by atoms with E-state index in [9.17, 15) is 10.2 Å². The van der Waals surface area contributed by atoms with Crippen LogP contribution in [0, 0.1) is 0 Å². The third-order valence-electron chi connectivity index (χ3n) is 2.65. The number of aliphatic hydroxyl groups excluding tert-OH is 2. The van der Waals surface area contributed by atoms with Crippen molar-refractivity contribution in [3.8, 4) is 0 Å². The predicted octanol–water partition coefficient (Wildman–Crippen LogP) is 3.22. The molecule has 0 amide bonds. The lowest BCUT2D eigenvalue weighted by molar-refractivity contribution is 0.0172. The second-order valence-electron chi connectivity index (χ2n) is 3.85. The van der Waals surface area contributed by atoms with Crippen LogP contribution in [0.25, 0.3) is 0 Å². The van der Waals surface area contributed by atoms with E-state index in [4.69, 9.17) is 0 Å². The average molecular weight is 293 g/mol. The van der Waals surface area contributed by atoms with E-state index in [1.165, 1.54) is 0 Å². The van der Waals surface area contributed by atoms with Crippen molar-refractivity contribution >= 4 is 15.9 Å². The topological polar surface area (TPSA) is 40.5 Å².